The van der Waals surface area contributed by atoms with E-state index in [1.807, 2.05) is 52.0 Å². The first-order chi connectivity index (χ1) is 19.2. The smallest absolute Gasteiger partial charge is 0.419 e. The first-order valence-electron chi connectivity index (χ1n) is 14.0. The summed E-state index contributed by atoms with van der Waals surface area (Å²) in [6.45, 7) is 8.55. The highest BCUT2D eigenvalue weighted by Crippen LogP contribution is 2.60. The van der Waals surface area contributed by atoms with Crippen molar-refractivity contribution in [2.75, 3.05) is 20.8 Å². The quantitative estimate of drug-likeness (QED) is 0.301. The Morgan fingerprint density at radius 1 is 1.07 bits per heavy atom. The van der Waals surface area contributed by atoms with Crippen LogP contribution in [0.3, 0.4) is 0 Å². The molecule has 1 atom stereocenters. The molecule has 1 aliphatic heterocycles. The fourth-order valence-electron chi connectivity index (χ4n) is 6.60. The van der Waals surface area contributed by atoms with Gasteiger partial charge in [-0.3, -0.25) is 9.47 Å². The molecule has 0 amide bonds. The van der Waals surface area contributed by atoms with Crippen LogP contribution in [0.1, 0.15) is 79.5 Å². The van der Waals surface area contributed by atoms with Gasteiger partial charge in [-0.05, 0) is 87.9 Å². The van der Waals surface area contributed by atoms with E-state index in [2.05, 4.69) is 4.90 Å². The van der Waals surface area contributed by atoms with E-state index >= 15 is 0 Å². The third kappa shape index (κ3) is 5.69. The number of piperidine rings is 1. The zero-order chi connectivity index (χ0) is 29.7. The average Bonchev–Trinajstić information content (AvgIpc) is 3.35. The molecule has 2 heterocycles. The van der Waals surface area contributed by atoms with Crippen molar-refractivity contribution in [3.8, 4) is 5.75 Å². The minimum Gasteiger partial charge on any atom is -0.496 e. The van der Waals surface area contributed by atoms with Gasteiger partial charge in [0.05, 0.1) is 25.3 Å². The number of ether oxygens (including phenoxy) is 3. The average molecular weight is 569 g/mol. The summed E-state index contributed by atoms with van der Waals surface area (Å²) in [4.78, 5) is 27.4. The molecule has 1 spiro atoms. The summed E-state index contributed by atoms with van der Waals surface area (Å²) in [5, 5.41) is 0.878. The Kier molecular flexibility index (Phi) is 7.39. The van der Waals surface area contributed by atoms with Crippen LogP contribution in [0.5, 0.6) is 5.75 Å². The topological polar surface area (TPSA) is 70.0 Å². The van der Waals surface area contributed by atoms with Gasteiger partial charge in [-0.25, -0.2) is 18.4 Å². The second-order valence-corrected chi connectivity index (χ2v) is 12.6. The molecule has 0 bridgehead atoms. The summed E-state index contributed by atoms with van der Waals surface area (Å²) in [6.07, 6.45) is 2.34. The highest BCUT2D eigenvalue weighted by Gasteiger charge is 2.58. The van der Waals surface area contributed by atoms with Crippen LogP contribution in [-0.2, 0) is 16.0 Å². The van der Waals surface area contributed by atoms with E-state index in [1.54, 1.807) is 25.4 Å². The van der Waals surface area contributed by atoms with Crippen molar-refractivity contribution in [3.63, 3.8) is 0 Å². The molecule has 2 aliphatic rings. The van der Waals surface area contributed by atoms with Crippen LogP contribution >= 0.6 is 0 Å². The van der Waals surface area contributed by atoms with Gasteiger partial charge in [0.2, 0.25) is 5.92 Å². The van der Waals surface area contributed by atoms with Crippen LogP contribution in [0, 0.1) is 12.3 Å². The molecule has 0 N–H and O–H groups in total. The van der Waals surface area contributed by atoms with Gasteiger partial charge in [-0.1, -0.05) is 12.1 Å². The number of fused-ring (bicyclic) bond motifs is 1. The van der Waals surface area contributed by atoms with Gasteiger partial charge in [0.15, 0.2) is 0 Å². The van der Waals surface area contributed by atoms with Crippen molar-refractivity contribution in [3.05, 3.63) is 64.8 Å². The Bertz CT molecular complexity index is 1460. The number of aryl methyl sites for hydroxylation is 1. The number of carbonyl (C=O) groups excluding carboxylic acids is 2. The van der Waals surface area contributed by atoms with E-state index in [4.69, 9.17) is 14.2 Å². The summed E-state index contributed by atoms with van der Waals surface area (Å²) >= 11 is 0. The fourth-order valence-corrected chi connectivity index (χ4v) is 6.60. The Labute approximate surface area is 239 Å². The predicted molar refractivity (Wildman–Crippen MR) is 152 cm³/mol. The lowest BCUT2D eigenvalue weighted by molar-refractivity contribution is -0.186. The number of halogens is 2. The summed E-state index contributed by atoms with van der Waals surface area (Å²) < 4.78 is 46.0. The highest BCUT2D eigenvalue weighted by atomic mass is 19.3. The van der Waals surface area contributed by atoms with Crippen LogP contribution in [0.15, 0.2) is 42.6 Å². The predicted octanol–water partition coefficient (Wildman–Crippen LogP) is 7.28. The molecule has 0 unspecified atom stereocenters. The second kappa shape index (κ2) is 10.4. The van der Waals surface area contributed by atoms with Gasteiger partial charge < -0.3 is 14.2 Å². The molecule has 220 valence electrons. The summed E-state index contributed by atoms with van der Waals surface area (Å²) in [5.74, 6) is -2.33. The molecular formula is C32H38F2N2O5. The minimum absolute atomic E-state index is 0.0958. The third-order valence-electron chi connectivity index (χ3n) is 8.38. The maximum Gasteiger partial charge on any atom is 0.419 e. The lowest BCUT2D eigenvalue weighted by atomic mass is 9.59. The summed E-state index contributed by atoms with van der Waals surface area (Å²) in [6, 6.07) is 10.9. The SMILES string of the molecule is COC(=O)c1ccc([C@H]2CC3(CCN2Cc2c(OC)cc(C)c4c2ccn4C(=O)OC(C)(C)C)CC(F)(F)C3)cc1. The fraction of sp³-hybridized carbons (Fsp3) is 0.500. The van der Waals surface area contributed by atoms with Gasteiger partial charge in [0.1, 0.15) is 11.4 Å². The molecule has 2 aromatic carbocycles. The van der Waals surface area contributed by atoms with Crippen molar-refractivity contribution in [2.45, 2.75) is 77.5 Å². The number of likely N-dealkylation sites (tertiary alicyclic amines) is 1. The molecule has 9 heteroatoms. The van der Waals surface area contributed by atoms with Crippen molar-refractivity contribution in [1.82, 2.24) is 9.47 Å². The number of methoxy groups -OCH3 is 2. The Balaban J connectivity index is 1.52. The largest absolute Gasteiger partial charge is 0.496 e. The van der Waals surface area contributed by atoms with Gasteiger partial charge in [-0.15, -0.1) is 0 Å². The molecule has 1 saturated heterocycles. The number of benzene rings is 2. The van der Waals surface area contributed by atoms with Gasteiger partial charge >= 0.3 is 12.1 Å². The molecule has 7 nitrogen and oxygen atoms in total. The number of nitrogens with zero attached hydrogens (tertiary/aromatic N) is 2. The third-order valence-corrected chi connectivity index (χ3v) is 8.38. The van der Waals surface area contributed by atoms with Gasteiger partial charge in [0, 0.05) is 42.6 Å². The standard InChI is InChI=1S/C32H38F2N2O5/c1-20-15-26(39-5)24(23-11-13-36(27(20)23)29(38)41-30(2,3)4)17-35-14-12-31(18-32(33,34)19-31)16-25(35)21-7-9-22(10-8-21)28(37)40-6/h7-11,13,15,25H,12,14,16-19H2,1-6H3/t25-/m1/s1. The van der Waals surface area contributed by atoms with Gasteiger partial charge in [0.25, 0.3) is 0 Å². The lowest BCUT2D eigenvalue weighted by Gasteiger charge is -2.54. The Morgan fingerprint density at radius 2 is 1.76 bits per heavy atom. The molecule has 1 saturated carbocycles. The van der Waals surface area contributed by atoms with E-state index in [0.29, 0.717) is 37.2 Å². The van der Waals surface area contributed by atoms with Crippen LogP contribution in [0.2, 0.25) is 0 Å². The Morgan fingerprint density at radius 3 is 2.34 bits per heavy atom. The van der Waals surface area contributed by atoms with E-state index in [0.717, 1.165) is 27.6 Å². The second-order valence-electron chi connectivity index (χ2n) is 12.6. The highest BCUT2D eigenvalue weighted by molar-refractivity contribution is 5.95. The molecule has 5 rings (SSSR count). The molecule has 41 heavy (non-hydrogen) atoms. The number of aromatic nitrogens is 1. The monoisotopic (exact) mass is 568 g/mol. The maximum atomic E-state index is 14.1. The number of esters is 1. The van der Waals surface area contributed by atoms with Crippen LogP contribution < -0.4 is 4.74 Å². The van der Waals surface area contributed by atoms with E-state index < -0.39 is 29.0 Å². The van der Waals surface area contributed by atoms with Crippen LogP contribution in [-0.4, -0.2) is 53.8 Å². The van der Waals surface area contributed by atoms with Crippen LogP contribution in [0.4, 0.5) is 13.6 Å². The minimum atomic E-state index is -2.61. The molecule has 3 aromatic rings. The number of rotatable bonds is 5. The lowest BCUT2D eigenvalue weighted by Crippen LogP contribution is -2.53. The molecule has 1 aromatic heterocycles. The number of carbonyl (C=O) groups is 2. The van der Waals surface area contributed by atoms with Crippen molar-refractivity contribution < 1.29 is 32.6 Å². The van der Waals surface area contributed by atoms with Gasteiger partial charge in [-0.2, -0.15) is 0 Å². The van der Waals surface area contributed by atoms with Crippen molar-refractivity contribution in [2.24, 2.45) is 5.41 Å². The summed E-state index contributed by atoms with van der Waals surface area (Å²) in [7, 11) is 2.96. The molecular weight excluding hydrogens is 530 g/mol. The van der Waals surface area contributed by atoms with Crippen LogP contribution in [0.25, 0.3) is 10.9 Å². The molecule has 1 aliphatic carbocycles. The molecule has 2 fully saturated rings. The zero-order valence-electron chi connectivity index (χ0n) is 24.6. The van der Waals surface area contributed by atoms with E-state index in [-0.39, 0.29) is 18.9 Å². The van der Waals surface area contributed by atoms with E-state index in [1.165, 1.54) is 11.7 Å². The first-order valence-corrected chi connectivity index (χ1v) is 14.0. The zero-order valence-corrected chi connectivity index (χ0v) is 24.6. The number of hydrogen-bond donors (Lipinski definition) is 0. The summed E-state index contributed by atoms with van der Waals surface area (Å²) in [5.41, 5.74) is 2.89. The van der Waals surface area contributed by atoms with Crippen molar-refractivity contribution in [1.29, 1.82) is 0 Å². The van der Waals surface area contributed by atoms with E-state index in [9.17, 15) is 18.4 Å². The number of alkyl halides is 2. The normalized spacial score (nSPS) is 20.0. The first kappa shape index (κ1) is 29.0. The maximum absolute atomic E-state index is 14.1. The number of hydrogen-bond acceptors (Lipinski definition) is 6. The van der Waals surface area contributed by atoms with Crippen molar-refractivity contribution >= 4 is 23.0 Å². The molecule has 0 radical (unpaired) electrons. The Hall–Kier alpha value is -3.46.